The monoisotopic (exact) mass is 367 g/mol. The summed E-state index contributed by atoms with van der Waals surface area (Å²) in [6, 6.07) is 8.34. The number of fused-ring (bicyclic) bond motifs is 1. The van der Waals surface area contributed by atoms with Gasteiger partial charge in [0.1, 0.15) is 12.6 Å². The van der Waals surface area contributed by atoms with Crippen LogP contribution < -0.4 is 5.32 Å². The van der Waals surface area contributed by atoms with E-state index in [0.717, 1.165) is 4.90 Å². The van der Waals surface area contributed by atoms with Gasteiger partial charge >= 0.3 is 5.97 Å². The molecule has 0 bridgehead atoms. The van der Waals surface area contributed by atoms with Crippen LogP contribution in [-0.2, 0) is 23.9 Å². The second-order valence-corrected chi connectivity index (χ2v) is 6.28. The summed E-state index contributed by atoms with van der Waals surface area (Å²) in [5.74, 6) is -3.05. The summed E-state index contributed by atoms with van der Waals surface area (Å²) in [5.41, 5.74) is 0.587. The fourth-order valence-electron chi connectivity index (χ4n) is 3.22. The van der Waals surface area contributed by atoms with Gasteiger partial charge in [-0.15, -0.1) is 0 Å². The molecular formula is C19H17N3O5. The van der Waals surface area contributed by atoms with Gasteiger partial charge in [-0.25, -0.2) is 0 Å². The standard InChI is InChI=1S/C19H17N3O5/c20-9-12-5-1-4-8-15(12)21-16(23)11-27-17(24)10-22-18(25)13-6-2-3-7-14(13)19(22)26/h1-5,8,13-14H,6-7,10-11H2,(H,21,23)/t13-,14+. The van der Waals surface area contributed by atoms with Gasteiger partial charge in [-0.05, 0) is 25.0 Å². The van der Waals surface area contributed by atoms with Crippen molar-refractivity contribution in [2.24, 2.45) is 11.8 Å². The van der Waals surface area contributed by atoms with Crippen LogP contribution >= 0.6 is 0 Å². The molecule has 0 aromatic heterocycles. The van der Waals surface area contributed by atoms with Crippen LogP contribution in [0.4, 0.5) is 5.69 Å². The smallest absolute Gasteiger partial charge is 0.326 e. The van der Waals surface area contributed by atoms with Gasteiger partial charge in [-0.3, -0.25) is 24.1 Å². The first-order valence-electron chi connectivity index (χ1n) is 8.46. The van der Waals surface area contributed by atoms with Crippen molar-refractivity contribution in [3.63, 3.8) is 0 Å². The number of allylic oxidation sites excluding steroid dienone is 2. The van der Waals surface area contributed by atoms with E-state index in [0.29, 0.717) is 18.5 Å². The van der Waals surface area contributed by atoms with Crippen molar-refractivity contribution in [2.45, 2.75) is 12.8 Å². The van der Waals surface area contributed by atoms with Gasteiger partial charge in [0.25, 0.3) is 5.91 Å². The molecule has 27 heavy (non-hydrogen) atoms. The Bertz CT molecular complexity index is 844. The largest absolute Gasteiger partial charge is 0.454 e. The quantitative estimate of drug-likeness (QED) is 0.471. The van der Waals surface area contributed by atoms with Crippen molar-refractivity contribution in [1.29, 1.82) is 5.26 Å². The predicted molar refractivity (Wildman–Crippen MR) is 92.8 cm³/mol. The molecule has 1 fully saturated rings. The number of amides is 3. The summed E-state index contributed by atoms with van der Waals surface area (Å²) in [7, 11) is 0. The first-order chi connectivity index (χ1) is 13.0. The van der Waals surface area contributed by atoms with Crippen LogP contribution in [0.25, 0.3) is 0 Å². The number of hydrogen-bond acceptors (Lipinski definition) is 6. The molecule has 2 atom stereocenters. The number of hydrogen-bond donors (Lipinski definition) is 1. The molecule has 1 aliphatic heterocycles. The third-order valence-corrected chi connectivity index (χ3v) is 4.57. The van der Waals surface area contributed by atoms with Crippen LogP contribution in [-0.4, -0.2) is 41.7 Å². The molecule has 1 saturated heterocycles. The molecule has 1 aromatic carbocycles. The Morgan fingerprint density at radius 3 is 2.41 bits per heavy atom. The summed E-state index contributed by atoms with van der Waals surface area (Å²) in [5, 5.41) is 11.5. The lowest BCUT2D eigenvalue weighted by atomic mass is 9.85. The molecule has 0 radical (unpaired) electrons. The number of para-hydroxylation sites is 1. The summed E-state index contributed by atoms with van der Waals surface area (Å²) >= 11 is 0. The van der Waals surface area contributed by atoms with E-state index in [9.17, 15) is 19.2 Å². The normalized spacial score (nSPS) is 20.8. The van der Waals surface area contributed by atoms with Gasteiger partial charge in [0.05, 0.1) is 23.1 Å². The fourth-order valence-corrected chi connectivity index (χ4v) is 3.22. The van der Waals surface area contributed by atoms with E-state index in [-0.39, 0.29) is 17.4 Å². The van der Waals surface area contributed by atoms with Crippen LogP contribution in [0.1, 0.15) is 18.4 Å². The SMILES string of the molecule is N#Cc1ccccc1NC(=O)COC(=O)CN1C(=O)[C@H]2CC=CC[C@H]2C1=O. The molecule has 1 heterocycles. The zero-order valence-electron chi connectivity index (χ0n) is 14.4. The lowest BCUT2D eigenvalue weighted by Crippen LogP contribution is -2.37. The minimum Gasteiger partial charge on any atom is -0.454 e. The maximum atomic E-state index is 12.3. The van der Waals surface area contributed by atoms with Crippen LogP contribution in [0.2, 0.25) is 0 Å². The second-order valence-electron chi connectivity index (χ2n) is 6.28. The number of ether oxygens (including phenoxy) is 1. The minimum absolute atomic E-state index is 0.279. The molecule has 0 saturated carbocycles. The van der Waals surface area contributed by atoms with E-state index in [2.05, 4.69) is 5.32 Å². The molecule has 0 spiro atoms. The topological polar surface area (TPSA) is 117 Å². The van der Waals surface area contributed by atoms with Crippen LogP contribution in [0, 0.1) is 23.2 Å². The number of benzene rings is 1. The van der Waals surface area contributed by atoms with Crippen molar-refractivity contribution < 1.29 is 23.9 Å². The Morgan fingerprint density at radius 1 is 1.15 bits per heavy atom. The maximum Gasteiger partial charge on any atom is 0.326 e. The molecular weight excluding hydrogens is 350 g/mol. The van der Waals surface area contributed by atoms with E-state index in [4.69, 9.17) is 10.00 Å². The van der Waals surface area contributed by atoms with Crippen LogP contribution in [0.15, 0.2) is 36.4 Å². The van der Waals surface area contributed by atoms with Gasteiger partial charge < -0.3 is 10.1 Å². The van der Waals surface area contributed by atoms with Crippen molar-refractivity contribution in [3.8, 4) is 6.07 Å². The molecule has 1 N–H and O–H groups in total. The molecule has 3 amide bonds. The van der Waals surface area contributed by atoms with Crippen molar-refractivity contribution >= 4 is 29.4 Å². The third-order valence-electron chi connectivity index (χ3n) is 4.57. The Kier molecular flexibility index (Phi) is 5.31. The van der Waals surface area contributed by atoms with E-state index >= 15 is 0 Å². The first-order valence-corrected chi connectivity index (χ1v) is 8.46. The Hall–Kier alpha value is -3.47. The van der Waals surface area contributed by atoms with Crippen molar-refractivity contribution in [2.75, 3.05) is 18.5 Å². The number of rotatable bonds is 5. The van der Waals surface area contributed by atoms with E-state index < -0.39 is 36.9 Å². The first kappa shape index (κ1) is 18.3. The summed E-state index contributed by atoms with van der Waals surface area (Å²) < 4.78 is 4.87. The Labute approximate surface area is 155 Å². The number of carbonyl (C=O) groups excluding carboxylic acids is 4. The molecule has 3 rings (SSSR count). The van der Waals surface area contributed by atoms with E-state index in [1.165, 1.54) is 0 Å². The highest BCUT2D eigenvalue weighted by Crippen LogP contribution is 2.34. The zero-order chi connectivity index (χ0) is 19.4. The predicted octanol–water partition coefficient (Wildman–Crippen LogP) is 0.991. The molecule has 1 aromatic rings. The molecule has 0 unspecified atom stereocenters. The summed E-state index contributed by atoms with van der Waals surface area (Å²) in [6.07, 6.45) is 4.69. The van der Waals surface area contributed by atoms with Crippen molar-refractivity contribution in [3.05, 3.63) is 42.0 Å². The van der Waals surface area contributed by atoms with Gasteiger partial charge in [0, 0.05) is 0 Å². The van der Waals surface area contributed by atoms with Gasteiger partial charge in [0.15, 0.2) is 6.61 Å². The number of anilines is 1. The van der Waals surface area contributed by atoms with Crippen LogP contribution in [0.5, 0.6) is 0 Å². The number of imide groups is 1. The molecule has 8 heteroatoms. The highest BCUT2D eigenvalue weighted by molar-refractivity contribution is 6.07. The number of esters is 1. The molecule has 138 valence electrons. The average molecular weight is 367 g/mol. The Balaban J connectivity index is 1.51. The highest BCUT2D eigenvalue weighted by Gasteiger charge is 2.47. The Morgan fingerprint density at radius 2 is 1.78 bits per heavy atom. The van der Waals surface area contributed by atoms with E-state index in [1.54, 1.807) is 24.3 Å². The number of nitriles is 1. The van der Waals surface area contributed by atoms with E-state index in [1.807, 2.05) is 18.2 Å². The number of nitrogens with one attached hydrogen (secondary N) is 1. The average Bonchev–Trinajstić information content (AvgIpc) is 2.92. The maximum absolute atomic E-state index is 12.3. The van der Waals surface area contributed by atoms with Gasteiger partial charge in [-0.1, -0.05) is 24.3 Å². The molecule has 2 aliphatic rings. The lowest BCUT2D eigenvalue weighted by molar-refractivity contribution is -0.154. The van der Waals surface area contributed by atoms with Crippen molar-refractivity contribution in [1.82, 2.24) is 4.90 Å². The zero-order valence-corrected chi connectivity index (χ0v) is 14.4. The highest BCUT2D eigenvalue weighted by atomic mass is 16.5. The van der Waals surface area contributed by atoms with Gasteiger partial charge in [0.2, 0.25) is 11.8 Å². The number of carbonyl (C=O) groups is 4. The second kappa shape index (κ2) is 7.83. The third kappa shape index (κ3) is 3.87. The summed E-state index contributed by atoms with van der Waals surface area (Å²) in [6.45, 7) is -1.09. The summed E-state index contributed by atoms with van der Waals surface area (Å²) in [4.78, 5) is 49.4. The fraction of sp³-hybridized carbons (Fsp3) is 0.316. The molecule has 1 aliphatic carbocycles. The van der Waals surface area contributed by atoms with Gasteiger partial charge in [-0.2, -0.15) is 5.26 Å². The molecule has 8 nitrogen and oxygen atoms in total. The number of nitrogens with zero attached hydrogens (tertiary/aromatic N) is 2. The number of likely N-dealkylation sites (tertiary alicyclic amines) is 1. The minimum atomic E-state index is -0.841. The van der Waals surface area contributed by atoms with Crippen LogP contribution in [0.3, 0.4) is 0 Å². The lowest BCUT2D eigenvalue weighted by Gasteiger charge is -2.14.